The Balaban J connectivity index is 1.87. The number of aliphatic hydroxyl groups excluding tert-OH is 1. The van der Waals surface area contributed by atoms with Gasteiger partial charge >= 0.3 is 0 Å². The third kappa shape index (κ3) is 2.32. The van der Waals surface area contributed by atoms with Crippen molar-refractivity contribution in [3.63, 3.8) is 0 Å². The van der Waals surface area contributed by atoms with Crippen molar-refractivity contribution in [3.8, 4) is 0 Å². The molecular weight excluding hydrogens is 281 g/mol. The van der Waals surface area contributed by atoms with E-state index in [1.54, 1.807) is 12.1 Å². The van der Waals surface area contributed by atoms with Crippen molar-refractivity contribution >= 4 is 28.9 Å². The fraction of sp³-hybridized carbons (Fsp3) is 0.200. The molecule has 0 saturated heterocycles. The molecule has 2 atom stereocenters. The van der Waals surface area contributed by atoms with Crippen LogP contribution in [0.2, 0.25) is 10.0 Å². The largest absolute Gasteiger partial charge is 0.386 e. The molecule has 2 nitrogen and oxygen atoms in total. The van der Waals surface area contributed by atoms with E-state index in [1.165, 1.54) is 5.56 Å². The molecule has 2 N–H and O–H groups in total. The summed E-state index contributed by atoms with van der Waals surface area (Å²) in [5.74, 6) is 0. The van der Waals surface area contributed by atoms with Crippen molar-refractivity contribution in [2.75, 3.05) is 5.32 Å². The van der Waals surface area contributed by atoms with Crippen LogP contribution in [0.5, 0.6) is 0 Å². The highest BCUT2D eigenvalue weighted by atomic mass is 35.5. The average Bonchev–Trinajstić information content (AvgIpc) is 2.85. The maximum absolute atomic E-state index is 10.5. The van der Waals surface area contributed by atoms with E-state index in [0.29, 0.717) is 15.6 Å². The van der Waals surface area contributed by atoms with Gasteiger partial charge in [-0.25, -0.2) is 0 Å². The minimum absolute atomic E-state index is 0.0756. The zero-order valence-corrected chi connectivity index (χ0v) is 11.6. The van der Waals surface area contributed by atoms with Gasteiger partial charge in [-0.15, -0.1) is 0 Å². The molecule has 4 heteroatoms. The number of fused-ring (bicyclic) bond motifs is 1. The first-order chi connectivity index (χ1) is 9.16. The minimum Gasteiger partial charge on any atom is -0.386 e. The van der Waals surface area contributed by atoms with Gasteiger partial charge in [0.1, 0.15) is 6.10 Å². The monoisotopic (exact) mass is 293 g/mol. The molecule has 1 aliphatic rings. The van der Waals surface area contributed by atoms with Crippen LogP contribution in [0.4, 0.5) is 5.69 Å². The van der Waals surface area contributed by atoms with E-state index in [-0.39, 0.29) is 6.04 Å². The summed E-state index contributed by atoms with van der Waals surface area (Å²) in [6, 6.07) is 13.3. The Morgan fingerprint density at radius 3 is 2.68 bits per heavy atom. The molecule has 0 saturated carbocycles. The normalized spacial score (nSPS) is 18.8. The SMILES string of the molecule is OC(c1cccc(Cl)c1Cl)C1Cc2ccccc2N1. The van der Waals surface area contributed by atoms with Gasteiger partial charge < -0.3 is 10.4 Å². The summed E-state index contributed by atoms with van der Waals surface area (Å²) in [5.41, 5.74) is 2.95. The Morgan fingerprint density at radius 1 is 1.11 bits per heavy atom. The van der Waals surface area contributed by atoms with Gasteiger partial charge in [-0.05, 0) is 24.1 Å². The number of hydrogen-bond acceptors (Lipinski definition) is 2. The summed E-state index contributed by atoms with van der Waals surface area (Å²) in [4.78, 5) is 0. The number of para-hydroxylation sites is 1. The summed E-state index contributed by atoms with van der Waals surface area (Å²) in [7, 11) is 0. The fourth-order valence-electron chi connectivity index (χ4n) is 2.48. The quantitative estimate of drug-likeness (QED) is 0.875. The first-order valence-electron chi connectivity index (χ1n) is 6.13. The van der Waals surface area contributed by atoms with Crippen molar-refractivity contribution in [2.24, 2.45) is 0 Å². The number of aliphatic hydroxyl groups is 1. The van der Waals surface area contributed by atoms with E-state index in [4.69, 9.17) is 23.2 Å². The first-order valence-corrected chi connectivity index (χ1v) is 6.89. The van der Waals surface area contributed by atoms with E-state index < -0.39 is 6.10 Å². The molecule has 19 heavy (non-hydrogen) atoms. The molecule has 1 aliphatic heterocycles. The average molecular weight is 294 g/mol. The predicted octanol–water partition coefficient (Wildman–Crippen LogP) is 4.06. The van der Waals surface area contributed by atoms with Crippen molar-refractivity contribution in [2.45, 2.75) is 18.6 Å². The molecule has 0 fully saturated rings. The van der Waals surface area contributed by atoms with Gasteiger partial charge in [0.05, 0.1) is 16.1 Å². The molecule has 2 unspecified atom stereocenters. The molecule has 1 heterocycles. The number of nitrogens with one attached hydrogen (secondary N) is 1. The molecular formula is C15H13Cl2NO. The lowest BCUT2D eigenvalue weighted by molar-refractivity contribution is 0.157. The van der Waals surface area contributed by atoms with Crippen LogP contribution in [0.25, 0.3) is 0 Å². The summed E-state index contributed by atoms with van der Waals surface area (Å²) in [6.07, 6.45) is 0.0961. The van der Waals surface area contributed by atoms with Crippen LogP contribution in [0.1, 0.15) is 17.2 Å². The zero-order chi connectivity index (χ0) is 13.4. The second-order valence-electron chi connectivity index (χ2n) is 4.70. The third-order valence-corrected chi connectivity index (χ3v) is 4.31. The molecule has 2 aromatic carbocycles. The summed E-state index contributed by atoms with van der Waals surface area (Å²) in [5, 5.41) is 14.7. The summed E-state index contributed by atoms with van der Waals surface area (Å²) in [6.45, 7) is 0. The van der Waals surface area contributed by atoms with Crippen molar-refractivity contribution < 1.29 is 5.11 Å². The van der Waals surface area contributed by atoms with Crippen LogP contribution < -0.4 is 5.32 Å². The van der Waals surface area contributed by atoms with Gasteiger partial charge in [0, 0.05) is 11.3 Å². The van der Waals surface area contributed by atoms with Gasteiger partial charge in [-0.1, -0.05) is 53.5 Å². The number of benzene rings is 2. The van der Waals surface area contributed by atoms with Crippen LogP contribution >= 0.6 is 23.2 Å². The third-order valence-electron chi connectivity index (χ3n) is 3.48. The highest BCUT2D eigenvalue weighted by Gasteiger charge is 2.29. The van der Waals surface area contributed by atoms with E-state index in [0.717, 1.165) is 12.1 Å². The Hall–Kier alpha value is -1.22. The Kier molecular flexibility index (Phi) is 3.40. The fourth-order valence-corrected chi connectivity index (χ4v) is 2.90. The zero-order valence-electron chi connectivity index (χ0n) is 10.1. The molecule has 3 rings (SSSR count). The van der Waals surface area contributed by atoms with Crippen LogP contribution in [-0.4, -0.2) is 11.1 Å². The molecule has 98 valence electrons. The lowest BCUT2D eigenvalue weighted by Gasteiger charge is -2.20. The molecule has 0 amide bonds. The van der Waals surface area contributed by atoms with Gasteiger partial charge in [-0.3, -0.25) is 0 Å². The topological polar surface area (TPSA) is 32.3 Å². The molecule has 0 aliphatic carbocycles. The summed E-state index contributed by atoms with van der Waals surface area (Å²) < 4.78 is 0. The minimum atomic E-state index is -0.682. The van der Waals surface area contributed by atoms with Crippen LogP contribution in [0.3, 0.4) is 0 Å². The van der Waals surface area contributed by atoms with Crippen LogP contribution in [-0.2, 0) is 6.42 Å². The maximum atomic E-state index is 10.5. The lowest BCUT2D eigenvalue weighted by atomic mass is 9.99. The van der Waals surface area contributed by atoms with E-state index in [9.17, 15) is 5.11 Å². The molecule has 0 aromatic heterocycles. The van der Waals surface area contributed by atoms with Crippen molar-refractivity contribution in [3.05, 3.63) is 63.6 Å². The number of halogens is 2. The summed E-state index contributed by atoms with van der Waals surface area (Å²) >= 11 is 12.1. The molecule has 0 bridgehead atoms. The molecule has 2 aromatic rings. The number of hydrogen-bond donors (Lipinski definition) is 2. The van der Waals surface area contributed by atoms with Gasteiger partial charge in [0.15, 0.2) is 0 Å². The van der Waals surface area contributed by atoms with Crippen molar-refractivity contribution in [1.82, 2.24) is 0 Å². The van der Waals surface area contributed by atoms with E-state index in [2.05, 4.69) is 11.4 Å². The van der Waals surface area contributed by atoms with Gasteiger partial charge in [0.2, 0.25) is 0 Å². The highest BCUT2D eigenvalue weighted by molar-refractivity contribution is 6.42. The molecule has 0 radical (unpaired) electrons. The Bertz CT molecular complexity index is 590. The second kappa shape index (κ2) is 5.04. The first kappa shape index (κ1) is 12.8. The standard InChI is InChI=1S/C15H13Cl2NO/c16-11-6-3-5-10(14(11)17)15(19)13-8-9-4-1-2-7-12(9)18-13/h1-7,13,15,18-19H,8H2. The molecule has 0 spiro atoms. The Labute approximate surface area is 122 Å². The maximum Gasteiger partial charge on any atom is 0.101 e. The van der Waals surface area contributed by atoms with Crippen molar-refractivity contribution in [1.29, 1.82) is 0 Å². The smallest absolute Gasteiger partial charge is 0.101 e. The Morgan fingerprint density at radius 2 is 1.89 bits per heavy atom. The predicted molar refractivity (Wildman–Crippen MR) is 79.0 cm³/mol. The van der Waals surface area contributed by atoms with E-state index >= 15 is 0 Å². The van der Waals surface area contributed by atoms with Crippen LogP contribution in [0, 0.1) is 0 Å². The van der Waals surface area contributed by atoms with Gasteiger partial charge in [-0.2, -0.15) is 0 Å². The number of anilines is 1. The van der Waals surface area contributed by atoms with Gasteiger partial charge in [0.25, 0.3) is 0 Å². The van der Waals surface area contributed by atoms with Crippen LogP contribution in [0.15, 0.2) is 42.5 Å². The van der Waals surface area contributed by atoms with E-state index in [1.807, 2.05) is 24.3 Å². The lowest BCUT2D eigenvalue weighted by Crippen LogP contribution is -2.25. The second-order valence-corrected chi connectivity index (χ2v) is 5.49. The number of rotatable bonds is 2. The highest BCUT2D eigenvalue weighted by Crippen LogP contribution is 2.36.